The standard InChI is InChI=1S/C20H21N7O2S/c1-19(2,3)30(28,29)26-12-20(13-26,6-7-21)27-11-14(9-25-27)17-15-5-8-23-18(15)24-10-16(17)22-4/h5,8-11H,6,12-13H2,1-3H3,(H,23,24). The molecule has 10 heteroatoms. The summed E-state index contributed by atoms with van der Waals surface area (Å²) >= 11 is 0. The number of fused-ring (bicyclic) bond motifs is 1. The van der Waals surface area contributed by atoms with Gasteiger partial charge < -0.3 is 4.98 Å². The molecule has 0 aliphatic carbocycles. The van der Waals surface area contributed by atoms with Crippen molar-refractivity contribution in [2.75, 3.05) is 13.1 Å². The van der Waals surface area contributed by atoms with Crippen molar-refractivity contribution >= 4 is 26.7 Å². The second-order valence-electron chi connectivity index (χ2n) is 8.49. The molecule has 154 valence electrons. The monoisotopic (exact) mass is 423 g/mol. The van der Waals surface area contributed by atoms with Gasteiger partial charge in [-0.1, -0.05) is 0 Å². The first-order chi connectivity index (χ1) is 14.1. The lowest BCUT2D eigenvalue weighted by molar-refractivity contribution is 0.0699. The third-order valence-corrected chi connectivity index (χ3v) is 7.99. The molecule has 0 unspecified atom stereocenters. The van der Waals surface area contributed by atoms with Gasteiger partial charge in [0, 0.05) is 48.2 Å². The van der Waals surface area contributed by atoms with Crippen molar-refractivity contribution < 1.29 is 8.42 Å². The number of hydrogen-bond donors (Lipinski definition) is 1. The molecule has 0 aromatic carbocycles. The van der Waals surface area contributed by atoms with Gasteiger partial charge in [-0.2, -0.15) is 14.7 Å². The van der Waals surface area contributed by atoms with E-state index in [9.17, 15) is 13.7 Å². The predicted molar refractivity (Wildman–Crippen MR) is 112 cm³/mol. The van der Waals surface area contributed by atoms with Crippen LogP contribution in [-0.4, -0.2) is 50.3 Å². The highest BCUT2D eigenvalue weighted by Crippen LogP contribution is 2.40. The Bertz CT molecular complexity index is 1310. The lowest BCUT2D eigenvalue weighted by Crippen LogP contribution is -2.66. The maximum absolute atomic E-state index is 12.8. The van der Waals surface area contributed by atoms with E-state index >= 15 is 0 Å². The van der Waals surface area contributed by atoms with E-state index in [0.717, 1.165) is 10.9 Å². The van der Waals surface area contributed by atoms with Gasteiger partial charge in [-0.3, -0.25) is 9.67 Å². The minimum absolute atomic E-state index is 0.135. The SMILES string of the molecule is [C-]#[N+]c1cnc2[nH]ccc2c1-c1cnn(C2(CC#N)CN(S(=O)(=O)C(C)(C)C)C2)c1. The van der Waals surface area contributed by atoms with E-state index in [1.807, 2.05) is 6.07 Å². The van der Waals surface area contributed by atoms with Crippen molar-refractivity contribution in [2.45, 2.75) is 37.5 Å². The van der Waals surface area contributed by atoms with Crippen LogP contribution < -0.4 is 0 Å². The molecule has 0 atom stereocenters. The first-order valence-corrected chi connectivity index (χ1v) is 10.8. The molecule has 0 radical (unpaired) electrons. The molecule has 9 nitrogen and oxygen atoms in total. The van der Waals surface area contributed by atoms with Crippen molar-refractivity contribution in [3.63, 3.8) is 0 Å². The summed E-state index contributed by atoms with van der Waals surface area (Å²) in [5.74, 6) is 0. The Morgan fingerprint density at radius 2 is 2.10 bits per heavy atom. The van der Waals surface area contributed by atoms with Gasteiger partial charge in [0.2, 0.25) is 15.7 Å². The van der Waals surface area contributed by atoms with Gasteiger partial charge in [0.15, 0.2) is 0 Å². The summed E-state index contributed by atoms with van der Waals surface area (Å²) in [5.41, 5.74) is 1.79. The molecule has 1 saturated heterocycles. The second kappa shape index (κ2) is 6.66. The Labute approximate surface area is 174 Å². The van der Waals surface area contributed by atoms with Crippen LogP contribution in [0, 0.1) is 17.9 Å². The van der Waals surface area contributed by atoms with Crippen LogP contribution in [0.15, 0.2) is 30.9 Å². The molecule has 30 heavy (non-hydrogen) atoms. The molecule has 0 amide bonds. The summed E-state index contributed by atoms with van der Waals surface area (Å²) in [7, 11) is -3.48. The van der Waals surface area contributed by atoms with Gasteiger partial charge >= 0.3 is 0 Å². The molecular formula is C20H21N7O2S. The van der Waals surface area contributed by atoms with E-state index in [1.54, 1.807) is 44.0 Å². The summed E-state index contributed by atoms with van der Waals surface area (Å²) in [4.78, 5) is 10.9. The first kappa shape index (κ1) is 20.1. The van der Waals surface area contributed by atoms with Gasteiger partial charge in [-0.25, -0.2) is 13.3 Å². The molecule has 4 rings (SSSR count). The minimum Gasteiger partial charge on any atom is -0.346 e. The van der Waals surface area contributed by atoms with Gasteiger partial charge in [0.1, 0.15) is 11.2 Å². The molecule has 0 bridgehead atoms. The molecule has 1 N–H and O–H groups in total. The van der Waals surface area contributed by atoms with Crippen molar-refractivity contribution in [1.29, 1.82) is 5.26 Å². The van der Waals surface area contributed by atoms with Crippen LogP contribution in [0.3, 0.4) is 0 Å². The van der Waals surface area contributed by atoms with E-state index in [1.165, 1.54) is 10.5 Å². The number of nitrogens with zero attached hydrogens (tertiary/aromatic N) is 6. The van der Waals surface area contributed by atoms with Gasteiger partial charge in [0.25, 0.3) is 0 Å². The van der Waals surface area contributed by atoms with Crippen LogP contribution in [0.2, 0.25) is 0 Å². The molecule has 3 aromatic heterocycles. The molecule has 1 aliphatic heterocycles. The number of hydrogen-bond acceptors (Lipinski definition) is 5. The number of aromatic nitrogens is 4. The number of aromatic amines is 1. The number of nitriles is 1. The van der Waals surface area contributed by atoms with E-state index in [4.69, 9.17) is 6.57 Å². The lowest BCUT2D eigenvalue weighted by atomic mass is 9.89. The predicted octanol–water partition coefficient (Wildman–Crippen LogP) is 3.03. The van der Waals surface area contributed by atoms with Gasteiger partial charge in [-0.15, -0.1) is 0 Å². The smallest absolute Gasteiger partial charge is 0.219 e. The highest BCUT2D eigenvalue weighted by Gasteiger charge is 2.52. The summed E-state index contributed by atoms with van der Waals surface area (Å²) in [5, 5.41) is 14.7. The van der Waals surface area contributed by atoms with Crippen molar-refractivity contribution in [1.82, 2.24) is 24.1 Å². The summed E-state index contributed by atoms with van der Waals surface area (Å²) in [6, 6.07) is 4.03. The van der Waals surface area contributed by atoms with Crippen molar-refractivity contribution in [3.8, 4) is 17.2 Å². The zero-order valence-corrected chi connectivity index (χ0v) is 17.7. The van der Waals surface area contributed by atoms with Crippen LogP contribution in [0.5, 0.6) is 0 Å². The maximum atomic E-state index is 12.8. The average molecular weight is 424 g/mol. The lowest BCUT2D eigenvalue weighted by Gasteiger charge is -2.49. The van der Waals surface area contributed by atoms with Crippen molar-refractivity contribution in [2.24, 2.45) is 0 Å². The zero-order valence-electron chi connectivity index (χ0n) is 16.9. The van der Waals surface area contributed by atoms with Crippen LogP contribution in [0.25, 0.3) is 27.0 Å². The van der Waals surface area contributed by atoms with E-state index < -0.39 is 20.3 Å². The van der Waals surface area contributed by atoms with E-state index in [2.05, 4.69) is 26.0 Å². The van der Waals surface area contributed by atoms with Crippen LogP contribution >= 0.6 is 0 Å². The van der Waals surface area contributed by atoms with E-state index in [-0.39, 0.29) is 19.5 Å². The summed E-state index contributed by atoms with van der Waals surface area (Å²) in [6.07, 6.45) is 6.85. The number of sulfonamides is 1. The maximum Gasteiger partial charge on any atom is 0.219 e. The third-order valence-electron chi connectivity index (χ3n) is 5.51. The molecular weight excluding hydrogens is 402 g/mol. The molecule has 4 heterocycles. The average Bonchev–Trinajstić information content (AvgIpc) is 3.31. The molecule has 1 aliphatic rings. The highest BCUT2D eigenvalue weighted by atomic mass is 32.2. The number of nitrogens with one attached hydrogen (secondary N) is 1. The summed E-state index contributed by atoms with van der Waals surface area (Å²) in [6.45, 7) is 12.9. The van der Waals surface area contributed by atoms with Crippen LogP contribution in [0.1, 0.15) is 27.2 Å². The highest BCUT2D eigenvalue weighted by molar-refractivity contribution is 7.90. The fraction of sp³-hybridized carbons (Fsp3) is 0.400. The van der Waals surface area contributed by atoms with Crippen molar-refractivity contribution in [3.05, 3.63) is 42.3 Å². The summed E-state index contributed by atoms with van der Waals surface area (Å²) < 4.78 is 27.7. The zero-order chi connectivity index (χ0) is 21.7. The molecule has 0 saturated carbocycles. The van der Waals surface area contributed by atoms with Gasteiger partial charge in [-0.05, 0) is 26.8 Å². The largest absolute Gasteiger partial charge is 0.346 e. The molecule has 1 fully saturated rings. The Kier molecular flexibility index (Phi) is 4.46. The Morgan fingerprint density at radius 1 is 1.37 bits per heavy atom. The Hall–Kier alpha value is -3.21. The molecule has 3 aromatic rings. The fourth-order valence-corrected chi connectivity index (χ4v) is 5.34. The number of pyridine rings is 1. The number of rotatable bonds is 4. The van der Waals surface area contributed by atoms with Crippen LogP contribution in [-0.2, 0) is 15.6 Å². The Morgan fingerprint density at radius 3 is 2.73 bits per heavy atom. The topological polar surface area (TPSA) is 112 Å². The molecule has 0 spiro atoms. The minimum atomic E-state index is -3.48. The third kappa shape index (κ3) is 2.88. The van der Waals surface area contributed by atoms with E-state index in [0.29, 0.717) is 16.9 Å². The van der Waals surface area contributed by atoms with Gasteiger partial charge in [0.05, 0.1) is 30.0 Å². The quantitative estimate of drug-likeness (QED) is 0.648. The first-order valence-electron chi connectivity index (χ1n) is 9.39. The second-order valence-corrected chi connectivity index (χ2v) is 11.2. The number of H-pyrrole nitrogens is 1. The Balaban J connectivity index is 1.73. The normalized spacial score (nSPS) is 16.7. The van der Waals surface area contributed by atoms with Crippen LogP contribution in [0.4, 0.5) is 5.69 Å². The fourth-order valence-electron chi connectivity index (χ4n) is 3.75.